The van der Waals surface area contributed by atoms with Gasteiger partial charge in [-0.1, -0.05) is 18.0 Å². The van der Waals surface area contributed by atoms with E-state index in [1.165, 1.54) is 57.6 Å². The molecule has 2 aromatic rings. The molecule has 8 heteroatoms. The highest BCUT2D eigenvalue weighted by Crippen LogP contribution is 2.28. The van der Waals surface area contributed by atoms with E-state index in [9.17, 15) is 14.7 Å². The van der Waals surface area contributed by atoms with E-state index in [0.29, 0.717) is 28.0 Å². The molecule has 1 aromatic heterocycles. The number of hydrogen-bond donors (Lipinski definition) is 2. The Kier molecular flexibility index (Phi) is 7.83. The maximum atomic E-state index is 12.5. The summed E-state index contributed by atoms with van der Waals surface area (Å²) in [7, 11) is 0. The van der Waals surface area contributed by atoms with Gasteiger partial charge in [0.15, 0.2) is 0 Å². The molecule has 0 saturated carbocycles. The van der Waals surface area contributed by atoms with Crippen LogP contribution in [0.5, 0.6) is 0 Å². The Hall–Kier alpha value is -2.64. The van der Waals surface area contributed by atoms with E-state index in [0.717, 1.165) is 25.9 Å². The summed E-state index contributed by atoms with van der Waals surface area (Å²) in [4.78, 5) is 33.5. The van der Waals surface area contributed by atoms with Crippen LogP contribution in [0.4, 0.5) is 11.5 Å². The molecule has 0 atom stereocenters. The largest absolute Gasteiger partial charge is 0.478 e. The molecule has 0 unspecified atom stereocenters. The normalized spacial score (nSPS) is 17.7. The maximum Gasteiger partial charge on any atom is 0.339 e. The lowest BCUT2D eigenvalue weighted by Gasteiger charge is -2.35. The third-order valence-electron chi connectivity index (χ3n) is 6.68. The van der Waals surface area contributed by atoms with Crippen molar-refractivity contribution in [1.29, 1.82) is 0 Å². The maximum absolute atomic E-state index is 12.5. The Morgan fingerprint density at radius 2 is 1.76 bits per heavy atom. The minimum absolute atomic E-state index is 0.107. The summed E-state index contributed by atoms with van der Waals surface area (Å²) in [5.41, 5.74) is 0.898. The second kappa shape index (κ2) is 11.0. The number of benzene rings is 1. The van der Waals surface area contributed by atoms with E-state index in [1.54, 1.807) is 24.3 Å². The SMILES string of the molecule is O=C(Nc1cnc(N2CCC(CCN3CCCCC3)CC2)c(C(=O)O)c1)c1ccc(Cl)cc1. The highest BCUT2D eigenvalue weighted by molar-refractivity contribution is 6.30. The second-order valence-corrected chi connectivity index (χ2v) is 9.42. The Morgan fingerprint density at radius 3 is 2.42 bits per heavy atom. The Balaban J connectivity index is 1.36. The molecule has 1 amide bonds. The number of halogens is 1. The molecule has 0 spiro atoms. The summed E-state index contributed by atoms with van der Waals surface area (Å²) in [6, 6.07) is 7.99. The van der Waals surface area contributed by atoms with E-state index in [1.807, 2.05) is 0 Å². The number of carbonyl (C=O) groups excluding carboxylic acids is 1. The fourth-order valence-corrected chi connectivity index (χ4v) is 4.85. The lowest BCUT2D eigenvalue weighted by Crippen LogP contribution is -2.37. The van der Waals surface area contributed by atoms with Crippen LogP contribution in [-0.2, 0) is 0 Å². The van der Waals surface area contributed by atoms with Gasteiger partial charge in [0.1, 0.15) is 11.4 Å². The average molecular weight is 471 g/mol. The topological polar surface area (TPSA) is 85.8 Å². The quantitative estimate of drug-likeness (QED) is 0.605. The lowest BCUT2D eigenvalue weighted by atomic mass is 9.93. The summed E-state index contributed by atoms with van der Waals surface area (Å²) in [5.74, 6) is -0.241. The van der Waals surface area contributed by atoms with Gasteiger partial charge in [0.2, 0.25) is 0 Å². The fraction of sp³-hybridized carbons (Fsp3) is 0.480. The van der Waals surface area contributed by atoms with Crippen molar-refractivity contribution in [2.45, 2.75) is 38.5 Å². The highest BCUT2D eigenvalue weighted by Gasteiger charge is 2.25. The predicted octanol–water partition coefficient (Wildman–Crippen LogP) is 4.78. The second-order valence-electron chi connectivity index (χ2n) is 8.98. The molecular formula is C25H31ClN4O3. The van der Waals surface area contributed by atoms with Gasteiger partial charge in [-0.2, -0.15) is 0 Å². The molecule has 2 aliphatic rings. The molecule has 1 aromatic carbocycles. The Morgan fingerprint density at radius 1 is 1.06 bits per heavy atom. The molecule has 7 nitrogen and oxygen atoms in total. The first-order chi connectivity index (χ1) is 16.0. The van der Waals surface area contributed by atoms with E-state index >= 15 is 0 Å². The highest BCUT2D eigenvalue weighted by atomic mass is 35.5. The van der Waals surface area contributed by atoms with Gasteiger partial charge in [0, 0.05) is 23.7 Å². The third-order valence-corrected chi connectivity index (χ3v) is 6.93. The van der Waals surface area contributed by atoms with E-state index in [-0.39, 0.29) is 11.5 Å². The summed E-state index contributed by atoms with van der Waals surface area (Å²) in [5, 5.41) is 13.1. The first-order valence-electron chi connectivity index (χ1n) is 11.8. The number of hydrogen-bond acceptors (Lipinski definition) is 5. The number of nitrogens with one attached hydrogen (secondary N) is 1. The molecule has 4 rings (SSSR count). The van der Waals surface area contributed by atoms with Gasteiger partial charge in [-0.25, -0.2) is 9.78 Å². The molecule has 2 saturated heterocycles. The molecule has 0 radical (unpaired) electrons. The first kappa shape index (κ1) is 23.5. The number of amides is 1. The van der Waals surface area contributed by atoms with Gasteiger partial charge in [0.05, 0.1) is 11.9 Å². The molecule has 176 valence electrons. The number of pyridine rings is 1. The van der Waals surface area contributed by atoms with Crippen molar-refractivity contribution < 1.29 is 14.7 Å². The zero-order valence-corrected chi connectivity index (χ0v) is 19.6. The van der Waals surface area contributed by atoms with Gasteiger partial charge < -0.3 is 20.2 Å². The summed E-state index contributed by atoms with van der Waals surface area (Å²) < 4.78 is 0. The number of aromatic carboxylic acids is 1. The van der Waals surface area contributed by atoms with Crippen LogP contribution in [0, 0.1) is 5.92 Å². The third kappa shape index (κ3) is 6.24. The smallest absolute Gasteiger partial charge is 0.339 e. The minimum Gasteiger partial charge on any atom is -0.478 e. The van der Waals surface area contributed by atoms with Gasteiger partial charge in [0.25, 0.3) is 5.91 Å². The van der Waals surface area contributed by atoms with Crippen LogP contribution in [0.15, 0.2) is 36.5 Å². The number of nitrogens with zero attached hydrogens (tertiary/aromatic N) is 3. The van der Waals surface area contributed by atoms with Gasteiger partial charge in [-0.15, -0.1) is 0 Å². The van der Waals surface area contributed by atoms with Gasteiger partial charge >= 0.3 is 5.97 Å². The molecule has 2 N–H and O–H groups in total. The molecule has 2 aliphatic heterocycles. The van der Waals surface area contributed by atoms with Crippen molar-refractivity contribution in [2.75, 3.05) is 42.9 Å². The molecule has 0 aliphatic carbocycles. The number of carboxylic acids is 1. The Labute approximate surface area is 199 Å². The average Bonchev–Trinajstić information content (AvgIpc) is 2.84. The molecular weight excluding hydrogens is 440 g/mol. The standard InChI is InChI=1S/C25H31ClN4O3/c26-20-6-4-19(5-7-20)24(31)28-21-16-22(25(32)33)23(27-17-21)30-14-9-18(10-15-30)8-13-29-11-2-1-3-12-29/h4-7,16-18H,1-3,8-15H2,(H,28,31)(H,32,33). The number of carbonyl (C=O) groups is 2. The number of carboxylic acid groups (broad SMARTS) is 1. The van der Waals surface area contributed by atoms with Crippen LogP contribution in [-0.4, -0.2) is 59.6 Å². The van der Waals surface area contributed by atoms with Gasteiger partial charge in [-0.05, 0) is 88.0 Å². The predicted molar refractivity (Wildman–Crippen MR) is 130 cm³/mol. The van der Waals surface area contributed by atoms with Crippen molar-refractivity contribution in [3.05, 3.63) is 52.7 Å². The van der Waals surface area contributed by atoms with Crippen molar-refractivity contribution in [1.82, 2.24) is 9.88 Å². The summed E-state index contributed by atoms with van der Waals surface area (Å²) in [6.07, 6.45) is 8.82. The number of anilines is 2. The summed E-state index contributed by atoms with van der Waals surface area (Å²) in [6.45, 7) is 5.23. The monoisotopic (exact) mass is 470 g/mol. The number of aromatic nitrogens is 1. The zero-order valence-electron chi connectivity index (χ0n) is 18.8. The summed E-state index contributed by atoms with van der Waals surface area (Å²) >= 11 is 5.87. The van der Waals surface area contributed by atoms with E-state index in [2.05, 4.69) is 20.1 Å². The first-order valence-corrected chi connectivity index (χ1v) is 12.1. The van der Waals surface area contributed by atoms with Crippen LogP contribution >= 0.6 is 11.6 Å². The van der Waals surface area contributed by atoms with Crippen LogP contribution < -0.4 is 10.2 Å². The van der Waals surface area contributed by atoms with Crippen LogP contribution in [0.2, 0.25) is 5.02 Å². The number of piperidine rings is 2. The van der Waals surface area contributed by atoms with E-state index < -0.39 is 5.97 Å². The molecule has 2 fully saturated rings. The fourth-order valence-electron chi connectivity index (χ4n) is 4.72. The lowest BCUT2D eigenvalue weighted by molar-refractivity contribution is 0.0696. The van der Waals surface area contributed by atoms with Crippen LogP contribution in [0.3, 0.4) is 0 Å². The Bertz CT molecular complexity index is 968. The van der Waals surface area contributed by atoms with Crippen molar-refractivity contribution >= 4 is 35.0 Å². The minimum atomic E-state index is -1.05. The van der Waals surface area contributed by atoms with Gasteiger partial charge in [-0.3, -0.25) is 4.79 Å². The number of rotatable bonds is 7. The van der Waals surface area contributed by atoms with Crippen LogP contribution in [0.1, 0.15) is 59.2 Å². The van der Waals surface area contributed by atoms with Crippen molar-refractivity contribution in [3.63, 3.8) is 0 Å². The molecule has 0 bridgehead atoms. The zero-order chi connectivity index (χ0) is 23.2. The van der Waals surface area contributed by atoms with E-state index in [4.69, 9.17) is 11.6 Å². The van der Waals surface area contributed by atoms with Crippen LogP contribution in [0.25, 0.3) is 0 Å². The molecule has 3 heterocycles. The van der Waals surface area contributed by atoms with Crippen molar-refractivity contribution in [2.24, 2.45) is 5.92 Å². The van der Waals surface area contributed by atoms with Crippen molar-refractivity contribution in [3.8, 4) is 0 Å². The molecule has 33 heavy (non-hydrogen) atoms. The number of likely N-dealkylation sites (tertiary alicyclic amines) is 1.